The molecular formula is C18H27N3O4. The van der Waals surface area contributed by atoms with Crippen LogP contribution in [0.4, 0.5) is 0 Å². The standard InChI is InChI=1S/C18H27N3O4/c1-18(2,3)19-10-13(22)11-25-15-7-5-12(9-16(15)24-4)14-6-8-17(23)21-20-14/h5,7,9,13,19,22H,6,8,10-11H2,1-4H3,(H,21,23). The van der Waals surface area contributed by atoms with Gasteiger partial charge in [-0.2, -0.15) is 5.10 Å². The molecule has 7 heteroatoms. The van der Waals surface area contributed by atoms with E-state index < -0.39 is 6.10 Å². The molecule has 1 unspecified atom stereocenters. The van der Waals surface area contributed by atoms with Gasteiger partial charge in [-0.1, -0.05) is 0 Å². The first kappa shape index (κ1) is 19.2. The summed E-state index contributed by atoms with van der Waals surface area (Å²) in [5.41, 5.74) is 4.11. The number of nitrogens with one attached hydrogen (secondary N) is 2. The molecule has 0 aliphatic carbocycles. The van der Waals surface area contributed by atoms with E-state index in [1.165, 1.54) is 0 Å². The Morgan fingerprint density at radius 2 is 2.08 bits per heavy atom. The van der Waals surface area contributed by atoms with Crippen molar-refractivity contribution in [1.29, 1.82) is 0 Å². The van der Waals surface area contributed by atoms with Crippen LogP contribution in [0.25, 0.3) is 0 Å². The average molecular weight is 349 g/mol. The molecule has 1 aromatic rings. The highest BCUT2D eigenvalue weighted by Crippen LogP contribution is 2.29. The van der Waals surface area contributed by atoms with Crippen LogP contribution in [0.1, 0.15) is 39.2 Å². The molecule has 0 bridgehead atoms. The van der Waals surface area contributed by atoms with Gasteiger partial charge < -0.3 is 19.9 Å². The zero-order valence-corrected chi connectivity index (χ0v) is 15.3. The van der Waals surface area contributed by atoms with Crippen molar-refractivity contribution in [2.75, 3.05) is 20.3 Å². The van der Waals surface area contributed by atoms with E-state index in [0.29, 0.717) is 30.9 Å². The fraction of sp³-hybridized carbons (Fsp3) is 0.556. The van der Waals surface area contributed by atoms with Crippen LogP contribution in [-0.4, -0.2) is 48.6 Å². The van der Waals surface area contributed by atoms with Crippen LogP contribution in [0.3, 0.4) is 0 Å². The Bertz CT molecular complexity index is 638. The number of carbonyl (C=O) groups excluding carboxylic acids is 1. The molecule has 0 aromatic heterocycles. The largest absolute Gasteiger partial charge is 0.493 e. The number of amides is 1. The summed E-state index contributed by atoms with van der Waals surface area (Å²) in [4.78, 5) is 11.2. The number of β-amino-alcohol motifs (C(OH)–C–C–N with tert-alkyl or cyclic N) is 1. The fourth-order valence-corrected chi connectivity index (χ4v) is 2.32. The quantitative estimate of drug-likeness (QED) is 0.693. The van der Waals surface area contributed by atoms with Crippen LogP contribution >= 0.6 is 0 Å². The summed E-state index contributed by atoms with van der Waals surface area (Å²) in [7, 11) is 1.56. The van der Waals surface area contributed by atoms with E-state index >= 15 is 0 Å². The molecule has 1 heterocycles. The van der Waals surface area contributed by atoms with Gasteiger partial charge in [-0.15, -0.1) is 0 Å². The van der Waals surface area contributed by atoms with Crippen molar-refractivity contribution in [3.63, 3.8) is 0 Å². The Morgan fingerprint density at radius 3 is 2.68 bits per heavy atom. The molecule has 138 valence electrons. The Morgan fingerprint density at radius 1 is 1.32 bits per heavy atom. The minimum atomic E-state index is -0.624. The number of aliphatic hydroxyl groups is 1. The number of aliphatic hydroxyl groups excluding tert-OH is 1. The van der Waals surface area contributed by atoms with Crippen molar-refractivity contribution in [3.8, 4) is 11.5 Å². The van der Waals surface area contributed by atoms with Gasteiger partial charge in [0.25, 0.3) is 0 Å². The Hall–Kier alpha value is -2.12. The maximum Gasteiger partial charge on any atom is 0.240 e. The lowest BCUT2D eigenvalue weighted by Crippen LogP contribution is -2.42. The SMILES string of the molecule is COc1cc(C2=NNC(=O)CC2)ccc1OCC(O)CNC(C)(C)C. The molecule has 3 N–H and O–H groups in total. The molecule has 1 amide bonds. The second kappa shape index (κ2) is 8.31. The number of hydrogen-bond acceptors (Lipinski definition) is 6. The van der Waals surface area contributed by atoms with Crippen LogP contribution in [0.15, 0.2) is 23.3 Å². The van der Waals surface area contributed by atoms with Crippen molar-refractivity contribution in [1.82, 2.24) is 10.7 Å². The van der Waals surface area contributed by atoms with Crippen molar-refractivity contribution < 1.29 is 19.4 Å². The summed E-state index contributed by atoms with van der Waals surface area (Å²) < 4.78 is 11.1. The molecular weight excluding hydrogens is 322 g/mol. The van der Waals surface area contributed by atoms with Gasteiger partial charge in [0.1, 0.15) is 12.7 Å². The van der Waals surface area contributed by atoms with Gasteiger partial charge in [-0.3, -0.25) is 4.79 Å². The maximum atomic E-state index is 11.2. The van der Waals surface area contributed by atoms with Crippen molar-refractivity contribution in [3.05, 3.63) is 23.8 Å². The van der Waals surface area contributed by atoms with E-state index in [1.54, 1.807) is 13.2 Å². The summed E-state index contributed by atoms with van der Waals surface area (Å²) in [6.45, 7) is 6.73. The van der Waals surface area contributed by atoms with Crippen LogP contribution in [0.5, 0.6) is 11.5 Å². The van der Waals surface area contributed by atoms with Gasteiger partial charge in [0.2, 0.25) is 5.91 Å². The summed E-state index contributed by atoms with van der Waals surface area (Å²) in [5, 5.41) is 17.3. The lowest BCUT2D eigenvalue weighted by Gasteiger charge is -2.23. The number of rotatable bonds is 7. The Kier molecular flexibility index (Phi) is 6.39. The van der Waals surface area contributed by atoms with Crippen molar-refractivity contribution in [2.24, 2.45) is 5.10 Å². The third-order valence-corrected chi connectivity index (χ3v) is 3.70. The van der Waals surface area contributed by atoms with Crippen LogP contribution < -0.4 is 20.2 Å². The minimum absolute atomic E-state index is 0.0591. The first-order valence-electron chi connectivity index (χ1n) is 8.38. The molecule has 1 aliphatic heterocycles. The molecule has 0 spiro atoms. The minimum Gasteiger partial charge on any atom is -0.493 e. The predicted molar refractivity (Wildman–Crippen MR) is 96.2 cm³/mol. The van der Waals surface area contributed by atoms with E-state index in [-0.39, 0.29) is 18.1 Å². The van der Waals surface area contributed by atoms with Gasteiger partial charge in [0, 0.05) is 30.5 Å². The molecule has 0 saturated heterocycles. The van der Waals surface area contributed by atoms with E-state index in [4.69, 9.17) is 9.47 Å². The van der Waals surface area contributed by atoms with Gasteiger partial charge in [-0.25, -0.2) is 5.43 Å². The maximum absolute atomic E-state index is 11.2. The first-order chi connectivity index (χ1) is 11.8. The highest BCUT2D eigenvalue weighted by Gasteiger charge is 2.17. The average Bonchev–Trinajstić information content (AvgIpc) is 2.58. The second-order valence-corrected chi connectivity index (χ2v) is 7.05. The van der Waals surface area contributed by atoms with Crippen LogP contribution in [-0.2, 0) is 4.79 Å². The Labute approximate surface area is 148 Å². The highest BCUT2D eigenvalue weighted by molar-refractivity contribution is 6.04. The molecule has 0 fully saturated rings. The molecule has 7 nitrogen and oxygen atoms in total. The lowest BCUT2D eigenvalue weighted by molar-refractivity contribution is -0.121. The molecule has 1 aromatic carbocycles. The molecule has 25 heavy (non-hydrogen) atoms. The number of methoxy groups -OCH3 is 1. The van der Waals surface area contributed by atoms with E-state index in [1.807, 2.05) is 32.9 Å². The molecule has 2 rings (SSSR count). The third kappa shape index (κ3) is 6.03. The van der Waals surface area contributed by atoms with Crippen LogP contribution in [0, 0.1) is 0 Å². The molecule has 0 radical (unpaired) electrons. The summed E-state index contributed by atoms with van der Waals surface area (Å²) >= 11 is 0. The molecule has 1 aliphatic rings. The van der Waals surface area contributed by atoms with Crippen molar-refractivity contribution in [2.45, 2.75) is 45.3 Å². The number of nitrogens with zero attached hydrogens (tertiary/aromatic N) is 1. The Balaban J connectivity index is 1.98. The third-order valence-electron chi connectivity index (χ3n) is 3.70. The van der Waals surface area contributed by atoms with Gasteiger partial charge in [0.15, 0.2) is 11.5 Å². The van der Waals surface area contributed by atoms with Crippen LogP contribution in [0.2, 0.25) is 0 Å². The number of hydrazone groups is 1. The summed E-state index contributed by atoms with van der Waals surface area (Å²) in [5.74, 6) is 1.04. The smallest absolute Gasteiger partial charge is 0.240 e. The number of carbonyl (C=O) groups is 1. The normalized spacial score (nSPS) is 16.0. The summed E-state index contributed by atoms with van der Waals surface area (Å²) in [6.07, 6.45) is 0.389. The highest BCUT2D eigenvalue weighted by atomic mass is 16.5. The zero-order chi connectivity index (χ0) is 18.4. The van der Waals surface area contributed by atoms with Gasteiger partial charge >= 0.3 is 0 Å². The van der Waals surface area contributed by atoms with Gasteiger partial charge in [0.05, 0.1) is 12.8 Å². The zero-order valence-electron chi connectivity index (χ0n) is 15.3. The summed E-state index contributed by atoms with van der Waals surface area (Å²) in [6, 6.07) is 5.48. The lowest BCUT2D eigenvalue weighted by atomic mass is 10.0. The fourth-order valence-electron chi connectivity index (χ4n) is 2.32. The number of hydrogen-bond donors (Lipinski definition) is 3. The van der Waals surface area contributed by atoms with Crippen molar-refractivity contribution >= 4 is 11.6 Å². The molecule has 1 atom stereocenters. The van der Waals surface area contributed by atoms with E-state index in [2.05, 4.69) is 15.8 Å². The predicted octanol–water partition coefficient (Wildman–Crippen LogP) is 1.44. The first-order valence-corrected chi connectivity index (χ1v) is 8.38. The van der Waals surface area contributed by atoms with E-state index in [9.17, 15) is 9.90 Å². The topological polar surface area (TPSA) is 92.2 Å². The number of ether oxygens (including phenoxy) is 2. The van der Waals surface area contributed by atoms with Gasteiger partial charge in [-0.05, 0) is 39.0 Å². The number of benzene rings is 1. The van der Waals surface area contributed by atoms with E-state index in [0.717, 1.165) is 11.3 Å². The monoisotopic (exact) mass is 349 g/mol. The second-order valence-electron chi connectivity index (χ2n) is 7.05. The molecule has 0 saturated carbocycles.